The predicted molar refractivity (Wildman–Crippen MR) is 114 cm³/mol. The summed E-state index contributed by atoms with van der Waals surface area (Å²) in [6.45, 7) is 2.57. The number of amides is 1. The summed E-state index contributed by atoms with van der Waals surface area (Å²) in [5, 5.41) is 9.08. The number of aromatic nitrogens is 2. The number of carbonyl (C=O) groups excluding carboxylic acids is 1. The minimum absolute atomic E-state index is 0.0420. The Balaban J connectivity index is 1.65. The summed E-state index contributed by atoms with van der Waals surface area (Å²) in [5.74, 6) is -0.768. The van der Waals surface area contributed by atoms with Crippen LogP contribution < -0.4 is 16.0 Å². The lowest BCUT2D eigenvalue weighted by atomic mass is 10.1. The van der Waals surface area contributed by atoms with Crippen LogP contribution in [-0.4, -0.2) is 29.0 Å². The molecule has 6 nitrogen and oxygen atoms in total. The molecule has 9 heteroatoms. The zero-order chi connectivity index (χ0) is 21.5. The number of hydrogen-bond donors (Lipinski definition) is 3. The smallest absolute Gasteiger partial charge is 0.243 e. The first-order valence-corrected chi connectivity index (χ1v) is 9.65. The van der Waals surface area contributed by atoms with Crippen molar-refractivity contribution in [3.63, 3.8) is 0 Å². The van der Waals surface area contributed by atoms with E-state index in [9.17, 15) is 13.6 Å². The van der Waals surface area contributed by atoms with E-state index in [4.69, 9.17) is 11.6 Å². The van der Waals surface area contributed by atoms with Crippen molar-refractivity contribution in [1.82, 2.24) is 9.97 Å². The van der Waals surface area contributed by atoms with Gasteiger partial charge in [0.25, 0.3) is 0 Å². The third kappa shape index (κ3) is 6.12. The molecule has 2 aromatic heterocycles. The first-order valence-electron chi connectivity index (χ1n) is 9.27. The number of pyridine rings is 2. The van der Waals surface area contributed by atoms with Gasteiger partial charge in [0.2, 0.25) is 11.9 Å². The van der Waals surface area contributed by atoms with Gasteiger partial charge in [-0.15, -0.1) is 0 Å². The average molecular weight is 432 g/mol. The number of hydrogen-bond acceptors (Lipinski definition) is 5. The topological polar surface area (TPSA) is 78.9 Å². The quantitative estimate of drug-likeness (QED) is 0.458. The molecule has 0 aliphatic rings. The van der Waals surface area contributed by atoms with Crippen molar-refractivity contribution in [2.24, 2.45) is 0 Å². The molecule has 0 aliphatic carbocycles. The molecule has 0 radical (unpaired) electrons. The van der Waals surface area contributed by atoms with Crippen LogP contribution in [0.3, 0.4) is 0 Å². The minimum atomic E-state index is -0.625. The largest absolute Gasteiger partial charge is 0.376 e. The lowest BCUT2D eigenvalue weighted by molar-refractivity contribution is -0.114. The highest BCUT2D eigenvalue weighted by Crippen LogP contribution is 2.22. The molecule has 1 amide bonds. The molecule has 0 atom stereocenters. The van der Waals surface area contributed by atoms with Crippen molar-refractivity contribution >= 4 is 34.7 Å². The van der Waals surface area contributed by atoms with E-state index in [0.717, 1.165) is 11.6 Å². The summed E-state index contributed by atoms with van der Waals surface area (Å²) in [5.41, 5.74) is 2.03. The van der Waals surface area contributed by atoms with Crippen LogP contribution in [0.4, 0.5) is 26.0 Å². The third-order valence-corrected chi connectivity index (χ3v) is 4.29. The van der Waals surface area contributed by atoms with Crippen LogP contribution in [0.15, 0.2) is 48.7 Å². The van der Waals surface area contributed by atoms with Crippen LogP contribution >= 0.6 is 11.6 Å². The van der Waals surface area contributed by atoms with Gasteiger partial charge in [-0.3, -0.25) is 4.79 Å². The Morgan fingerprint density at radius 1 is 1.07 bits per heavy atom. The van der Waals surface area contributed by atoms with E-state index in [1.165, 1.54) is 18.3 Å². The molecule has 0 aliphatic heterocycles. The highest BCUT2D eigenvalue weighted by Gasteiger charge is 2.10. The van der Waals surface area contributed by atoms with Gasteiger partial charge in [0, 0.05) is 23.7 Å². The summed E-state index contributed by atoms with van der Waals surface area (Å²) in [6.07, 6.45) is 1.47. The number of carbonyl (C=O) groups is 1. The maximum Gasteiger partial charge on any atom is 0.243 e. The molecule has 156 valence electrons. The second-order valence-corrected chi connectivity index (χ2v) is 6.89. The van der Waals surface area contributed by atoms with Crippen LogP contribution in [0.5, 0.6) is 0 Å². The number of halogens is 3. The van der Waals surface area contributed by atoms with E-state index in [1.807, 2.05) is 6.92 Å². The standard InChI is InChI=1S/C21H20ClF2N5O/c1-2-25-20-6-4-17(23)18(29-20)9-13-7-14(22)10-16(8-13)26-12-21(30)28-15-3-5-19(24)27-11-15/h3-8,10-11,26H,2,9,12H2,1H3,(H,25,29)(H,28,30). The molecule has 0 saturated heterocycles. The van der Waals surface area contributed by atoms with E-state index in [0.29, 0.717) is 34.5 Å². The molecule has 3 N–H and O–H groups in total. The SMILES string of the molecule is CCNc1ccc(F)c(Cc2cc(Cl)cc(NCC(=O)Nc3ccc(F)nc3)c2)n1. The van der Waals surface area contributed by atoms with E-state index in [-0.39, 0.29) is 18.9 Å². The van der Waals surface area contributed by atoms with Gasteiger partial charge in [-0.2, -0.15) is 4.39 Å². The maximum absolute atomic E-state index is 14.2. The molecule has 0 spiro atoms. The van der Waals surface area contributed by atoms with Crippen molar-refractivity contribution in [1.29, 1.82) is 0 Å². The fourth-order valence-corrected chi connectivity index (χ4v) is 3.03. The highest BCUT2D eigenvalue weighted by molar-refractivity contribution is 6.31. The van der Waals surface area contributed by atoms with Crippen molar-refractivity contribution in [3.05, 3.63) is 76.7 Å². The predicted octanol–water partition coefficient (Wildman–Crippen LogP) is 4.48. The van der Waals surface area contributed by atoms with Crippen LogP contribution in [0.1, 0.15) is 18.2 Å². The van der Waals surface area contributed by atoms with Crippen LogP contribution in [0.2, 0.25) is 5.02 Å². The van der Waals surface area contributed by atoms with Gasteiger partial charge in [-0.25, -0.2) is 14.4 Å². The van der Waals surface area contributed by atoms with E-state index >= 15 is 0 Å². The Morgan fingerprint density at radius 3 is 2.63 bits per heavy atom. The lowest BCUT2D eigenvalue weighted by Gasteiger charge is -2.11. The minimum Gasteiger partial charge on any atom is -0.376 e. The molecular formula is C21H20ClF2N5O. The normalized spacial score (nSPS) is 10.5. The molecule has 0 saturated carbocycles. The van der Waals surface area contributed by atoms with Crippen molar-refractivity contribution < 1.29 is 13.6 Å². The second-order valence-electron chi connectivity index (χ2n) is 6.45. The third-order valence-electron chi connectivity index (χ3n) is 4.07. The fourth-order valence-electron chi connectivity index (χ4n) is 2.77. The Kier molecular flexibility index (Phi) is 7.13. The Hall–Kier alpha value is -3.26. The Morgan fingerprint density at radius 2 is 1.90 bits per heavy atom. The monoisotopic (exact) mass is 431 g/mol. The fraction of sp³-hybridized carbons (Fsp3) is 0.190. The van der Waals surface area contributed by atoms with Gasteiger partial charge in [-0.05, 0) is 55.0 Å². The summed E-state index contributed by atoms with van der Waals surface area (Å²) < 4.78 is 27.0. The van der Waals surface area contributed by atoms with Crippen molar-refractivity contribution in [2.75, 3.05) is 29.0 Å². The first kappa shape index (κ1) is 21.4. The van der Waals surface area contributed by atoms with Gasteiger partial charge in [0.05, 0.1) is 24.1 Å². The number of nitrogens with zero attached hydrogens (tertiary/aromatic N) is 2. The molecule has 1 aromatic carbocycles. The van der Waals surface area contributed by atoms with Gasteiger partial charge >= 0.3 is 0 Å². The molecule has 3 aromatic rings. The second kappa shape index (κ2) is 9.98. The molecule has 0 bridgehead atoms. The van der Waals surface area contributed by atoms with Crippen molar-refractivity contribution in [2.45, 2.75) is 13.3 Å². The van der Waals surface area contributed by atoms with E-state index in [2.05, 4.69) is 25.9 Å². The van der Waals surface area contributed by atoms with E-state index < -0.39 is 11.8 Å². The Bertz CT molecular complexity index is 1030. The molecule has 30 heavy (non-hydrogen) atoms. The number of nitrogens with one attached hydrogen (secondary N) is 3. The average Bonchev–Trinajstić information content (AvgIpc) is 2.70. The first-order chi connectivity index (χ1) is 14.4. The van der Waals surface area contributed by atoms with Crippen molar-refractivity contribution in [3.8, 4) is 0 Å². The van der Waals surface area contributed by atoms with E-state index in [1.54, 1.807) is 24.3 Å². The van der Waals surface area contributed by atoms with Crippen LogP contribution in [-0.2, 0) is 11.2 Å². The van der Waals surface area contributed by atoms with Gasteiger partial charge in [-0.1, -0.05) is 11.6 Å². The summed E-state index contributed by atoms with van der Waals surface area (Å²) in [6, 6.07) is 10.7. The molecule has 0 fully saturated rings. The van der Waals surface area contributed by atoms with Gasteiger partial charge < -0.3 is 16.0 Å². The number of rotatable bonds is 8. The molecule has 3 rings (SSSR count). The Labute approximate surface area is 177 Å². The maximum atomic E-state index is 14.2. The van der Waals surface area contributed by atoms with Crippen LogP contribution in [0, 0.1) is 11.8 Å². The molecular weight excluding hydrogens is 412 g/mol. The summed E-state index contributed by atoms with van der Waals surface area (Å²) >= 11 is 6.19. The number of benzene rings is 1. The molecule has 0 unspecified atom stereocenters. The summed E-state index contributed by atoms with van der Waals surface area (Å²) in [7, 11) is 0. The zero-order valence-corrected chi connectivity index (χ0v) is 16.9. The van der Waals surface area contributed by atoms with Crippen LogP contribution in [0.25, 0.3) is 0 Å². The zero-order valence-electron chi connectivity index (χ0n) is 16.2. The molecule has 2 heterocycles. The number of anilines is 3. The lowest BCUT2D eigenvalue weighted by Crippen LogP contribution is -2.21. The van der Waals surface area contributed by atoms with Gasteiger partial charge in [0.1, 0.15) is 11.6 Å². The van der Waals surface area contributed by atoms with Gasteiger partial charge in [0.15, 0.2) is 0 Å². The highest BCUT2D eigenvalue weighted by atomic mass is 35.5. The summed E-state index contributed by atoms with van der Waals surface area (Å²) in [4.78, 5) is 19.9.